The van der Waals surface area contributed by atoms with Crippen LogP contribution in [0.5, 0.6) is 11.5 Å². The molecule has 0 spiro atoms. The molecule has 33 heavy (non-hydrogen) atoms. The minimum absolute atomic E-state index is 0.339. The van der Waals surface area contributed by atoms with E-state index in [4.69, 9.17) is 21.1 Å². The summed E-state index contributed by atoms with van der Waals surface area (Å²) in [5.41, 5.74) is 2.84. The van der Waals surface area contributed by atoms with Crippen molar-refractivity contribution in [3.8, 4) is 22.6 Å². The van der Waals surface area contributed by atoms with Gasteiger partial charge in [0.25, 0.3) is 5.91 Å². The Morgan fingerprint density at radius 3 is 2.30 bits per heavy atom. The molecule has 1 saturated heterocycles. The van der Waals surface area contributed by atoms with Crippen LogP contribution in [0.3, 0.4) is 0 Å². The number of para-hydroxylation sites is 1. The zero-order valence-corrected chi connectivity index (χ0v) is 19.1. The minimum atomic E-state index is -1.02. The van der Waals surface area contributed by atoms with Crippen LogP contribution in [0.25, 0.3) is 11.1 Å². The SMILES string of the molecule is COc1cccc(-c2ccc(C(=O)N3[C@@H](c4ccccc4Cl)CC[C@H]3C(=O)O)cc2)c1OC. The van der Waals surface area contributed by atoms with E-state index in [0.29, 0.717) is 34.9 Å². The Hall–Kier alpha value is -3.51. The molecule has 1 aliphatic rings. The van der Waals surface area contributed by atoms with Gasteiger partial charge in [-0.2, -0.15) is 0 Å². The molecule has 1 heterocycles. The monoisotopic (exact) mass is 465 g/mol. The highest BCUT2D eigenvalue weighted by molar-refractivity contribution is 6.31. The summed E-state index contributed by atoms with van der Waals surface area (Å²) in [6, 6.07) is 18.6. The number of likely N-dealkylation sites (tertiary alicyclic amines) is 1. The summed E-state index contributed by atoms with van der Waals surface area (Å²) < 4.78 is 10.9. The average molecular weight is 466 g/mol. The van der Waals surface area contributed by atoms with Crippen molar-refractivity contribution in [2.24, 2.45) is 0 Å². The van der Waals surface area contributed by atoms with Gasteiger partial charge < -0.3 is 19.5 Å². The van der Waals surface area contributed by atoms with Gasteiger partial charge in [0.15, 0.2) is 11.5 Å². The third-order valence-corrected chi connectivity index (χ3v) is 6.36. The first-order valence-corrected chi connectivity index (χ1v) is 11.0. The number of methoxy groups -OCH3 is 2. The molecular weight excluding hydrogens is 442 g/mol. The molecule has 0 unspecified atom stereocenters. The van der Waals surface area contributed by atoms with Gasteiger partial charge in [-0.15, -0.1) is 0 Å². The predicted molar refractivity (Wildman–Crippen MR) is 126 cm³/mol. The Balaban J connectivity index is 1.68. The molecule has 2 atom stereocenters. The number of nitrogens with zero attached hydrogens (tertiary/aromatic N) is 1. The van der Waals surface area contributed by atoms with E-state index in [0.717, 1.165) is 16.7 Å². The van der Waals surface area contributed by atoms with Gasteiger partial charge in [0.05, 0.1) is 20.3 Å². The van der Waals surface area contributed by atoms with Crippen molar-refractivity contribution in [2.75, 3.05) is 14.2 Å². The fraction of sp³-hybridized carbons (Fsp3) is 0.231. The third-order valence-electron chi connectivity index (χ3n) is 6.01. The highest BCUT2D eigenvalue weighted by Gasteiger charge is 2.42. The van der Waals surface area contributed by atoms with Gasteiger partial charge in [-0.1, -0.05) is 54.1 Å². The standard InChI is InChI=1S/C26H24ClNO5/c1-32-23-9-5-7-18(24(23)33-2)16-10-12-17(13-11-16)25(29)28-21(14-15-22(28)26(30)31)19-6-3-4-8-20(19)27/h3-13,21-22H,14-15H2,1-2H3,(H,30,31)/t21-,22+/m1/s1. The van der Waals surface area contributed by atoms with E-state index < -0.39 is 18.1 Å². The van der Waals surface area contributed by atoms with Crippen molar-refractivity contribution in [3.63, 3.8) is 0 Å². The van der Waals surface area contributed by atoms with E-state index in [1.54, 1.807) is 32.4 Å². The fourth-order valence-electron chi connectivity index (χ4n) is 4.44. The van der Waals surface area contributed by atoms with Crippen LogP contribution in [0.4, 0.5) is 0 Å². The maximum absolute atomic E-state index is 13.5. The number of carbonyl (C=O) groups excluding carboxylic acids is 1. The first kappa shape index (κ1) is 22.7. The van der Waals surface area contributed by atoms with Crippen molar-refractivity contribution >= 4 is 23.5 Å². The van der Waals surface area contributed by atoms with Gasteiger partial charge in [0, 0.05) is 16.1 Å². The number of carboxylic acids is 1. The predicted octanol–water partition coefficient (Wildman–Crippen LogP) is 5.45. The number of hydrogen-bond acceptors (Lipinski definition) is 4. The van der Waals surface area contributed by atoms with Crippen LogP contribution in [0, 0.1) is 0 Å². The van der Waals surface area contributed by atoms with Crippen LogP contribution >= 0.6 is 11.6 Å². The maximum Gasteiger partial charge on any atom is 0.326 e. The van der Waals surface area contributed by atoms with Crippen molar-refractivity contribution in [2.45, 2.75) is 24.9 Å². The van der Waals surface area contributed by atoms with E-state index in [-0.39, 0.29) is 5.91 Å². The number of aliphatic carboxylic acids is 1. The second kappa shape index (κ2) is 9.55. The maximum atomic E-state index is 13.5. The Morgan fingerprint density at radius 1 is 0.939 bits per heavy atom. The number of ether oxygens (including phenoxy) is 2. The molecule has 0 bridgehead atoms. The largest absolute Gasteiger partial charge is 0.493 e. The summed E-state index contributed by atoms with van der Waals surface area (Å²) in [7, 11) is 3.15. The van der Waals surface area contributed by atoms with Gasteiger partial charge in [-0.3, -0.25) is 4.79 Å². The molecule has 7 heteroatoms. The molecule has 1 N–H and O–H groups in total. The number of carbonyl (C=O) groups is 2. The molecule has 170 valence electrons. The lowest BCUT2D eigenvalue weighted by Crippen LogP contribution is -2.41. The molecule has 3 aromatic rings. The highest BCUT2D eigenvalue weighted by atomic mass is 35.5. The van der Waals surface area contributed by atoms with E-state index in [1.165, 1.54) is 4.90 Å². The van der Waals surface area contributed by atoms with Crippen LogP contribution in [-0.2, 0) is 4.79 Å². The molecule has 3 aromatic carbocycles. The smallest absolute Gasteiger partial charge is 0.326 e. The Bertz CT molecular complexity index is 1180. The van der Waals surface area contributed by atoms with Crippen LogP contribution < -0.4 is 9.47 Å². The van der Waals surface area contributed by atoms with Gasteiger partial charge in [-0.25, -0.2) is 4.79 Å². The Kier molecular flexibility index (Phi) is 6.56. The molecule has 0 aliphatic carbocycles. The topological polar surface area (TPSA) is 76.1 Å². The molecule has 4 rings (SSSR count). The van der Waals surface area contributed by atoms with Crippen molar-refractivity contribution in [3.05, 3.63) is 82.9 Å². The zero-order valence-electron chi connectivity index (χ0n) is 18.3. The van der Waals surface area contributed by atoms with Crippen molar-refractivity contribution in [1.29, 1.82) is 0 Å². The Labute approximate surface area is 197 Å². The normalized spacial score (nSPS) is 17.6. The number of carboxylic acid groups (broad SMARTS) is 1. The zero-order chi connectivity index (χ0) is 23.5. The van der Waals surface area contributed by atoms with Gasteiger partial charge >= 0.3 is 5.97 Å². The van der Waals surface area contributed by atoms with Crippen LogP contribution in [0.2, 0.25) is 5.02 Å². The van der Waals surface area contributed by atoms with E-state index in [1.807, 2.05) is 48.5 Å². The summed E-state index contributed by atoms with van der Waals surface area (Å²) in [5, 5.41) is 10.3. The minimum Gasteiger partial charge on any atom is -0.493 e. The van der Waals surface area contributed by atoms with Gasteiger partial charge in [0.1, 0.15) is 6.04 Å². The molecule has 1 amide bonds. The lowest BCUT2D eigenvalue weighted by Gasteiger charge is -2.29. The number of rotatable bonds is 6. The fourth-order valence-corrected chi connectivity index (χ4v) is 4.70. The molecule has 1 aliphatic heterocycles. The van der Waals surface area contributed by atoms with Crippen molar-refractivity contribution < 1.29 is 24.2 Å². The number of hydrogen-bond donors (Lipinski definition) is 1. The van der Waals surface area contributed by atoms with Crippen molar-refractivity contribution in [1.82, 2.24) is 4.90 Å². The van der Waals surface area contributed by atoms with Crippen LogP contribution in [0.1, 0.15) is 34.8 Å². The summed E-state index contributed by atoms with van der Waals surface area (Å²) in [6.45, 7) is 0. The summed E-state index contributed by atoms with van der Waals surface area (Å²) in [6.07, 6.45) is 0.904. The quantitative estimate of drug-likeness (QED) is 0.523. The number of benzene rings is 3. The number of halogens is 1. The molecule has 0 saturated carbocycles. The van der Waals surface area contributed by atoms with E-state index in [2.05, 4.69) is 0 Å². The lowest BCUT2D eigenvalue weighted by atomic mass is 10.0. The Morgan fingerprint density at radius 2 is 1.67 bits per heavy atom. The summed E-state index contributed by atoms with van der Waals surface area (Å²) in [5.74, 6) is -0.146. The molecule has 0 aromatic heterocycles. The van der Waals surface area contributed by atoms with E-state index >= 15 is 0 Å². The molecule has 1 fully saturated rings. The molecule has 0 radical (unpaired) electrons. The number of amides is 1. The molecule has 6 nitrogen and oxygen atoms in total. The van der Waals surface area contributed by atoms with Gasteiger partial charge in [-0.05, 0) is 48.2 Å². The first-order valence-electron chi connectivity index (χ1n) is 10.6. The van der Waals surface area contributed by atoms with Crippen LogP contribution in [0.15, 0.2) is 66.7 Å². The second-order valence-electron chi connectivity index (χ2n) is 7.80. The highest BCUT2D eigenvalue weighted by Crippen LogP contribution is 2.41. The van der Waals surface area contributed by atoms with Gasteiger partial charge in [0.2, 0.25) is 0 Å². The van der Waals surface area contributed by atoms with Crippen LogP contribution in [-0.4, -0.2) is 42.1 Å². The summed E-state index contributed by atoms with van der Waals surface area (Å²) >= 11 is 6.38. The average Bonchev–Trinajstić information content (AvgIpc) is 3.28. The summed E-state index contributed by atoms with van der Waals surface area (Å²) in [4.78, 5) is 26.9. The lowest BCUT2D eigenvalue weighted by molar-refractivity contribution is -0.141. The van der Waals surface area contributed by atoms with E-state index in [9.17, 15) is 14.7 Å². The third kappa shape index (κ3) is 4.26. The molecular formula is C26H24ClNO5. The first-order chi connectivity index (χ1) is 16.0. The second-order valence-corrected chi connectivity index (χ2v) is 8.21.